The van der Waals surface area contributed by atoms with E-state index < -0.39 is 46.2 Å². The van der Waals surface area contributed by atoms with E-state index >= 15 is 0 Å². The summed E-state index contributed by atoms with van der Waals surface area (Å²) in [5.74, 6) is -1.25. The molecule has 0 saturated heterocycles. The average Bonchev–Trinajstić information content (AvgIpc) is 2.80. The molecule has 36 heavy (non-hydrogen) atoms. The van der Waals surface area contributed by atoms with Gasteiger partial charge in [-0.25, -0.2) is 8.42 Å². The van der Waals surface area contributed by atoms with Crippen LogP contribution in [0.15, 0.2) is 48.5 Å². The number of hydrogen-bond donors (Lipinski definition) is 1. The zero-order chi connectivity index (χ0) is 27.3. The predicted molar refractivity (Wildman–Crippen MR) is 133 cm³/mol. The molecule has 0 spiro atoms. The lowest BCUT2D eigenvalue weighted by Gasteiger charge is -2.32. The Kier molecular flexibility index (Phi) is 9.78. The summed E-state index contributed by atoms with van der Waals surface area (Å²) in [4.78, 5) is 27.5. The van der Waals surface area contributed by atoms with Crippen molar-refractivity contribution >= 4 is 39.1 Å². The molecule has 2 amide bonds. The summed E-state index contributed by atoms with van der Waals surface area (Å²) in [6.07, 6.45) is -3.27. The van der Waals surface area contributed by atoms with E-state index in [1.54, 1.807) is 31.2 Å². The molecule has 0 bridgehead atoms. The van der Waals surface area contributed by atoms with Crippen LogP contribution in [0.1, 0.15) is 38.3 Å². The largest absolute Gasteiger partial charge is 0.416 e. The second-order valence-corrected chi connectivity index (χ2v) is 10.7. The molecule has 1 N–H and O–H groups in total. The van der Waals surface area contributed by atoms with Gasteiger partial charge in [0.25, 0.3) is 0 Å². The third-order valence-corrected chi connectivity index (χ3v) is 7.12. The molecule has 0 aliphatic rings. The highest BCUT2D eigenvalue weighted by atomic mass is 35.5. The molecule has 0 radical (unpaired) electrons. The van der Waals surface area contributed by atoms with Gasteiger partial charge in [0.1, 0.15) is 12.6 Å². The summed E-state index contributed by atoms with van der Waals surface area (Å²) in [5, 5.41) is 3.12. The topological polar surface area (TPSA) is 86.8 Å². The Labute approximate surface area is 214 Å². The van der Waals surface area contributed by atoms with E-state index in [0.717, 1.165) is 23.3 Å². The van der Waals surface area contributed by atoms with Crippen molar-refractivity contribution in [2.45, 2.75) is 52.0 Å². The number of amides is 2. The first kappa shape index (κ1) is 29.4. The second kappa shape index (κ2) is 12.0. The smallest absolute Gasteiger partial charge is 0.352 e. The Bertz CT molecular complexity index is 1190. The zero-order valence-corrected chi connectivity index (χ0v) is 21.9. The number of nitrogens with zero attached hydrogens (tertiary/aromatic N) is 2. The first-order valence-corrected chi connectivity index (χ1v) is 13.4. The van der Waals surface area contributed by atoms with Gasteiger partial charge in [-0.1, -0.05) is 42.8 Å². The lowest BCUT2D eigenvalue weighted by molar-refractivity contribution is -0.139. The van der Waals surface area contributed by atoms with Crippen molar-refractivity contribution in [1.29, 1.82) is 0 Å². The molecule has 0 aliphatic carbocycles. The maximum absolute atomic E-state index is 13.4. The van der Waals surface area contributed by atoms with E-state index in [-0.39, 0.29) is 18.3 Å². The summed E-state index contributed by atoms with van der Waals surface area (Å²) in [7, 11) is -4.17. The minimum atomic E-state index is -4.71. The minimum absolute atomic E-state index is 0.117. The normalized spacial score (nSPS) is 13.6. The van der Waals surface area contributed by atoms with Crippen LogP contribution in [0.4, 0.5) is 18.9 Å². The van der Waals surface area contributed by atoms with E-state index in [9.17, 15) is 31.2 Å². The van der Waals surface area contributed by atoms with Gasteiger partial charge in [-0.2, -0.15) is 13.2 Å². The Hall–Kier alpha value is -2.79. The van der Waals surface area contributed by atoms with Gasteiger partial charge in [-0.15, -0.1) is 0 Å². The highest BCUT2D eigenvalue weighted by Crippen LogP contribution is 2.32. The number of sulfonamides is 1. The van der Waals surface area contributed by atoms with E-state index in [1.165, 1.54) is 13.0 Å². The van der Waals surface area contributed by atoms with Gasteiger partial charge in [0.15, 0.2) is 0 Å². The lowest BCUT2D eigenvalue weighted by atomic mass is 10.1. The molecular weight excluding hydrogens is 519 g/mol. The van der Waals surface area contributed by atoms with Crippen LogP contribution in [-0.2, 0) is 32.3 Å². The highest BCUT2D eigenvalue weighted by molar-refractivity contribution is 7.92. The van der Waals surface area contributed by atoms with E-state index in [2.05, 4.69) is 5.32 Å². The number of hydrogen-bond acceptors (Lipinski definition) is 4. The molecule has 2 unspecified atom stereocenters. The van der Waals surface area contributed by atoms with Crippen molar-refractivity contribution in [1.82, 2.24) is 10.2 Å². The summed E-state index contributed by atoms with van der Waals surface area (Å²) >= 11 is 6.25. The second-order valence-electron chi connectivity index (χ2n) is 8.42. The van der Waals surface area contributed by atoms with E-state index in [4.69, 9.17) is 11.6 Å². The van der Waals surface area contributed by atoms with Gasteiger partial charge in [-0.3, -0.25) is 13.9 Å². The fourth-order valence-corrected chi connectivity index (χ4v) is 4.35. The fourth-order valence-electron chi connectivity index (χ4n) is 3.31. The minimum Gasteiger partial charge on any atom is -0.352 e. The zero-order valence-electron chi connectivity index (χ0n) is 20.3. The Morgan fingerprint density at radius 2 is 1.72 bits per heavy atom. The Morgan fingerprint density at radius 1 is 1.08 bits per heavy atom. The summed E-state index contributed by atoms with van der Waals surface area (Å²) < 4.78 is 65.3. The number of anilines is 1. The van der Waals surface area contributed by atoms with Crippen molar-refractivity contribution in [2.24, 2.45) is 0 Å². The number of rotatable bonds is 10. The van der Waals surface area contributed by atoms with Gasteiger partial charge < -0.3 is 10.2 Å². The van der Waals surface area contributed by atoms with E-state index in [0.29, 0.717) is 27.4 Å². The number of benzene rings is 2. The average molecular weight is 548 g/mol. The van der Waals surface area contributed by atoms with Gasteiger partial charge >= 0.3 is 6.18 Å². The van der Waals surface area contributed by atoms with Crippen LogP contribution < -0.4 is 9.62 Å². The van der Waals surface area contributed by atoms with Crippen molar-refractivity contribution in [2.75, 3.05) is 17.1 Å². The molecule has 2 aromatic rings. The summed E-state index contributed by atoms with van der Waals surface area (Å²) in [5.41, 5.74) is -0.869. The van der Waals surface area contributed by atoms with Gasteiger partial charge in [0.05, 0.1) is 17.5 Å². The molecule has 12 heteroatoms. The molecule has 0 saturated carbocycles. The van der Waals surface area contributed by atoms with Crippen LogP contribution in [-0.4, -0.2) is 50.0 Å². The predicted octanol–water partition coefficient (Wildman–Crippen LogP) is 4.46. The van der Waals surface area contributed by atoms with Gasteiger partial charge in [0, 0.05) is 17.6 Å². The fraction of sp³-hybridized carbons (Fsp3) is 0.417. The quantitative estimate of drug-likeness (QED) is 0.476. The lowest BCUT2D eigenvalue weighted by Crippen LogP contribution is -2.52. The maximum Gasteiger partial charge on any atom is 0.416 e. The number of alkyl halides is 3. The Morgan fingerprint density at radius 3 is 2.28 bits per heavy atom. The molecule has 0 aromatic heterocycles. The summed E-state index contributed by atoms with van der Waals surface area (Å²) in [6, 6.07) is 9.14. The molecule has 0 heterocycles. The van der Waals surface area contributed by atoms with Crippen LogP contribution in [0.25, 0.3) is 0 Å². The molecule has 7 nitrogen and oxygen atoms in total. The molecular formula is C24H29ClF3N3O4S. The number of halogens is 4. The summed E-state index contributed by atoms with van der Waals surface area (Å²) in [6.45, 7) is 4.23. The van der Waals surface area contributed by atoms with Crippen LogP contribution in [0.3, 0.4) is 0 Å². The van der Waals surface area contributed by atoms with Crippen molar-refractivity contribution < 1.29 is 31.2 Å². The third kappa shape index (κ3) is 7.86. The SMILES string of the molecule is CCC(C)NC(=O)C(C)N(Cc1ccccc1Cl)C(=O)CN(c1cccc(C(F)(F)F)c1)S(C)(=O)=O. The van der Waals surface area contributed by atoms with Crippen molar-refractivity contribution in [3.8, 4) is 0 Å². The van der Waals surface area contributed by atoms with Gasteiger partial charge in [-0.05, 0) is 50.1 Å². The number of carbonyl (C=O) groups excluding carboxylic acids is 2. The molecule has 2 atom stereocenters. The van der Waals surface area contributed by atoms with Crippen molar-refractivity contribution in [3.05, 3.63) is 64.7 Å². The first-order chi connectivity index (χ1) is 16.6. The highest BCUT2D eigenvalue weighted by Gasteiger charge is 2.34. The number of carbonyl (C=O) groups is 2. The van der Waals surface area contributed by atoms with Crippen LogP contribution in [0.5, 0.6) is 0 Å². The molecule has 2 aromatic carbocycles. The van der Waals surface area contributed by atoms with Crippen molar-refractivity contribution in [3.63, 3.8) is 0 Å². The molecule has 0 fully saturated rings. The van der Waals surface area contributed by atoms with Gasteiger partial charge in [0.2, 0.25) is 21.8 Å². The van der Waals surface area contributed by atoms with Crippen LogP contribution in [0.2, 0.25) is 5.02 Å². The molecule has 198 valence electrons. The monoisotopic (exact) mass is 547 g/mol. The van der Waals surface area contributed by atoms with E-state index in [1.807, 2.05) is 6.92 Å². The first-order valence-electron chi connectivity index (χ1n) is 11.1. The molecule has 2 rings (SSSR count). The maximum atomic E-state index is 13.4. The van der Waals surface area contributed by atoms with Crippen LogP contribution in [0, 0.1) is 0 Å². The molecule has 0 aliphatic heterocycles. The van der Waals surface area contributed by atoms with Crippen LogP contribution >= 0.6 is 11.6 Å². The number of nitrogens with one attached hydrogen (secondary N) is 1. The third-order valence-electron chi connectivity index (χ3n) is 5.61. The Balaban J connectivity index is 2.45. The standard InChI is InChI=1S/C24H29ClF3N3O4S/c1-5-16(2)29-23(33)17(3)30(14-18-9-6-7-12-21(18)25)22(32)15-31(36(4,34)35)20-11-8-10-19(13-20)24(26,27)28/h6-13,16-17H,5,14-15H2,1-4H3,(H,29,33).